The minimum Gasteiger partial charge on any atom is -0.418 e. The molecule has 1 aromatic heterocycles. The van der Waals surface area contributed by atoms with E-state index in [1.165, 1.54) is 12.1 Å². The number of aromatic nitrogens is 2. The lowest BCUT2D eigenvalue weighted by Gasteiger charge is -2.22. The first-order valence-corrected chi connectivity index (χ1v) is 10.3. The average Bonchev–Trinajstić information content (AvgIpc) is 3.12. The SMILES string of the molecule is Fc1ccc(-c2nnc(COC3c4ccccc4C4C(c5ccccc53)C4(F)F)o2)cc1. The summed E-state index contributed by atoms with van der Waals surface area (Å²) in [5, 5.41) is 8.03. The molecule has 4 nitrogen and oxygen atoms in total. The van der Waals surface area contributed by atoms with Crippen molar-refractivity contribution >= 4 is 0 Å². The minimum absolute atomic E-state index is 0.00720. The monoisotopic (exact) mass is 434 g/mol. The predicted molar refractivity (Wildman–Crippen MR) is 110 cm³/mol. The third-order valence-electron chi connectivity index (χ3n) is 6.21. The zero-order valence-corrected chi connectivity index (χ0v) is 16.7. The molecule has 0 amide bonds. The van der Waals surface area contributed by atoms with Gasteiger partial charge in [-0.2, -0.15) is 0 Å². The lowest BCUT2D eigenvalue weighted by Crippen LogP contribution is -2.12. The fourth-order valence-electron chi connectivity index (χ4n) is 4.69. The van der Waals surface area contributed by atoms with Gasteiger partial charge in [0.1, 0.15) is 18.5 Å². The molecule has 4 aromatic rings. The summed E-state index contributed by atoms with van der Waals surface area (Å²) in [6.45, 7) is 0.00720. The van der Waals surface area contributed by atoms with Crippen LogP contribution in [-0.4, -0.2) is 16.1 Å². The fraction of sp³-hybridized carbons (Fsp3) is 0.200. The summed E-state index contributed by atoms with van der Waals surface area (Å²) < 4.78 is 54.5. The first-order valence-electron chi connectivity index (χ1n) is 10.3. The van der Waals surface area contributed by atoms with Gasteiger partial charge in [0.05, 0.1) is 11.8 Å². The van der Waals surface area contributed by atoms with Crippen LogP contribution in [-0.2, 0) is 11.3 Å². The summed E-state index contributed by atoms with van der Waals surface area (Å²) in [4.78, 5) is 0. The lowest BCUT2D eigenvalue weighted by molar-refractivity contribution is 0.0498. The van der Waals surface area contributed by atoms with E-state index in [4.69, 9.17) is 9.15 Å². The normalized spacial score (nSPS) is 22.4. The van der Waals surface area contributed by atoms with Crippen molar-refractivity contribution in [3.63, 3.8) is 0 Å². The molecule has 2 aliphatic carbocycles. The molecule has 0 aliphatic heterocycles. The van der Waals surface area contributed by atoms with Gasteiger partial charge in [0, 0.05) is 5.56 Å². The third kappa shape index (κ3) is 2.96. The van der Waals surface area contributed by atoms with Gasteiger partial charge in [0.25, 0.3) is 5.92 Å². The number of hydrogen-bond donors (Lipinski definition) is 0. The number of fused-ring (bicyclic) bond motifs is 5. The molecule has 0 bridgehead atoms. The molecule has 7 heteroatoms. The van der Waals surface area contributed by atoms with Gasteiger partial charge >= 0.3 is 0 Å². The van der Waals surface area contributed by atoms with E-state index in [1.807, 2.05) is 24.3 Å². The van der Waals surface area contributed by atoms with Crippen LogP contribution < -0.4 is 0 Å². The molecule has 2 aliphatic rings. The van der Waals surface area contributed by atoms with Crippen LogP contribution in [0, 0.1) is 5.82 Å². The first kappa shape index (κ1) is 19.3. The zero-order valence-electron chi connectivity index (χ0n) is 16.7. The Bertz CT molecular complexity index is 1250. The van der Waals surface area contributed by atoms with E-state index >= 15 is 0 Å². The van der Waals surface area contributed by atoms with E-state index in [9.17, 15) is 13.2 Å². The molecule has 160 valence electrons. The van der Waals surface area contributed by atoms with Gasteiger partial charge in [-0.25, -0.2) is 13.2 Å². The minimum atomic E-state index is -2.77. The molecule has 0 radical (unpaired) electrons. The Kier molecular flexibility index (Phi) is 4.23. The number of ether oxygens (including phenoxy) is 1. The summed E-state index contributed by atoms with van der Waals surface area (Å²) in [7, 11) is 0. The Balaban J connectivity index is 1.33. The number of alkyl halides is 2. The second-order valence-electron chi connectivity index (χ2n) is 8.09. The van der Waals surface area contributed by atoms with Gasteiger partial charge in [0.2, 0.25) is 11.8 Å². The van der Waals surface area contributed by atoms with E-state index < -0.39 is 23.9 Å². The summed E-state index contributed by atoms with van der Waals surface area (Å²) in [6, 6.07) is 20.2. The van der Waals surface area contributed by atoms with Crippen LogP contribution in [0.2, 0.25) is 0 Å². The Hall–Kier alpha value is -3.45. The Morgan fingerprint density at radius 3 is 1.94 bits per heavy atom. The van der Waals surface area contributed by atoms with Crippen molar-refractivity contribution in [2.24, 2.45) is 0 Å². The van der Waals surface area contributed by atoms with Crippen LogP contribution in [0.15, 0.2) is 77.2 Å². The lowest BCUT2D eigenvalue weighted by atomic mass is 9.94. The van der Waals surface area contributed by atoms with Crippen molar-refractivity contribution in [1.82, 2.24) is 10.2 Å². The second kappa shape index (κ2) is 7.03. The molecule has 1 saturated carbocycles. The average molecular weight is 434 g/mol. The molecular formula is C25H17F3N2O2. The van der Waals surface area contributed by atoms with Crippen molar-refractivity contribution in [1.29, 1.82) is 0 Å². The van der Waals surface area contributed by atoms with Crippen molar-refractivity contribution in [2.45, 2.75) is 30.5 Å². The molecule has 2 atom stereocenters. The quantitative estimate of drug-likeness (QED) is 0.395. The van der Waals surface area contributed by atoms with Gasteiger partial charge in [0.15, 0.2) is 0 Å². The molecule has 6 rings (SSSR count). The van der Waals surface area contributed by atoms with Crippen molar-refractivity contribution in [3.05, 3.63) is 107 Å². The van der Waals surface area contributed by atoms with Crippen LogP contribution in [0.5, 0.6) is 0 Å². The summed E-state index contributed by atoms with van der Waals surface area (Å²) in [5.74, 6) is -4.31. The van der Waals surface area contributed by atoms with E-state index in [-0.39, 0.29) is 24.2 Å². The Morgan fingerprint density at radius 1 is 0.781 bits per heavy atom. The molecule has 32 heavy (non-hydrogen) atoms. The molecule has 0 spiro atoms. The van der Waals surface area contributed by atoms with Crippen molar-refractivity contribution < 1.29 is 22.3 Å². The first-order chi connectivity index (χ1) is 15.5. The number of rotatable bonds is 4. The predicted octanol–water partition coefficient (Wildman–Crippen LogP) is 6.01. The molecule has 0 N–H and O–H groups in total. The van der Waals surface area contributed by atoms with Crippen LogP contribution in [0.4, 0.5) is 13.2 Å². The summed E-state index contributed by atoms with van der Waals surface area (Å²) >= 11 is 0. The van der Waals surface area contributed by atoms with Crippen LogP contribution in [0.3, 0.4) is 0 Å². The molecular weight excluding hydrogens is 417 g/mol. The van der Waals surface area contributed by atoms with E-state index in [2.05, 4.69) is 10.2 Å². The molecule has 1 heterocycles. The van der Waals surface area contributed by atoms with Crippen molar-refractivity contribution in [3.8, 4) is 11.5 Å². The highest BCUT2D eigenvalue weighted by molar-refractivity contribution is 5.55. The highest BCUT2D eigenvalue weighted by Gasteiger charge is 2.71. The number of hydrogen-bond acceptors (Lipinski definition) is 4. The highest BCUT2D eigenvalue weighted by atomic mass is 19.3. The molecule has 2 unspecified atom stereocenters. The second-order valence-corrected chi connectivity index (χ2v) is 8.09. The molecule has 0 saturated heterocycles. The number of nitrogens with zero attached hydrogens (tertiary/aromatic N) is 2. The van der Waals surface area contributed by atoms with Crippen LogP contribution >= 0.6 is 0 Å². The molecule has 3 aromatic carbocycles. The maximum absolute atomic E-state index is 14.7. The van der Waals surface area contributed by atoms with Crippen LogP contribution in [0.25, 0.3) is 11.5 Å². The largest absolute Gasteiger partial charge is 0.418 e. The van der Waals surface area contributed by atoms with E-state index in [0.717, 1.165) is 11.1 Å². The summed E-state index contributed by atoms with van der Waals surface area (Å²) in [5.41, 5.74) is 3.27. The molecule has 1 fully saturated rings. The zero-order chi connectivity index (χ0) is 21.9. The maximum atomic E-state index is 14.7. The highest BCUT2D eigenvalue weighted by Crippen LogP contribution is 2.70. The van der Waals surface area contributed by atoms with E-state index in [0.29, 0.717) is 16.7 Å². The summed E-state index contributed by atoms with van der Waals surface area (Å²) in [6.07, 6.45) is -0.535. The van der Waals surface area contributed by atoms with Gasteiger partial charge < -0.3 is 9.15 Å². The Morgan fingerprint density at radius 2 is 1.34 bits per heavy atom. The Labute approximate surface area is 181 Å². The van der Waals surface area contributed by atoms with Gasteiger partial charge in [-0.1, -0.05) is 48.5 Å². The van der Waals surface area contributed by atoms with Gasteiger partial charge in [-0.05, 0) is 46.5 Å². The van der Waals surface area contributed by atoms with Gasteiger partial charge in [-0.15, -0.1) is 10.2 Å². The van der Waals surface area contributed by atoms with E-state index in [1.54, 1.807) is 36.4 Å². The standard InChI is InChI=1S/C25H17F3N2O2/c26-15-11-9-14(10-12-15)24-30-29-20(32-24)13-31-23-18-7-3-1-5-16(18)21-22(25(21,27)28)17-6-2-4-8-19(17)23/h1-12,21-23H,13H2. The maximum Gasteiger partial charge on any atom is 0.263 e. The van der Waals surface area contributed by atoms with Crippen LogP contribution in [0.1, 0.15) is 46.1 Å². The smallest absolute Gasteiger partial charge is 0.263 e. The number of halogens is 3. The van der Waals surface area contributed by atoms with Gasteiger partial charge in [-0.3, -0.25) is 0 Å². The van der Waals surface area contributed by atoms with Crippen molar-refractivity contribution in [2.75, 3.05) is 0 Å². The fourth-order valence-corrected chi connectivity index (χ4v) is 4.69. The third-order valence-corrected chi connectivity index (χ3v) is 6.21. The number of benzene rings is 3. The topological polar surface area (TPSA) is 48.2 Å².